The Morgan fingerprint density at radius 1 is 1.23 bits per heavy atom. The van der Waals surface area contributed by atoms with Gasteiger partial charge < -0.3 is 14.6 Å². The van der Waals surface area contributed by atoms with Crippen molar-refractivity contribution in [1.82, 2.24) is 0 Å². The Morgan fingerprint density at radius 3 is 1.92 bits per heavy atom. The van der Waals surface area contributed by atoms with E-state index in [1.807, 2.05) is 0 Å². The molecule has 0 aliphatic carbocycles. The van der Waals surface area contributed by atoms with Crippen LogP contribution in [0.25, 0.3) is 0 Å². The van der Waals surface area contributed by atoms with Crippen molar-refractivity contribution in [1.29, 1.82) is 0 Å². The summed E-state index contributed by atoms with van der Waals surface area (Å²) >= 11 is 0. The molecule has 78 valence electrons. The molecule has 0 aromatic carbocycles. The Bertz CT molecular complexity index is 192. The average molecular weight is 211 g/mol. The second-order valence-corrected chi connectivity index (χ2v) is 3.84. The van der Waals surface area contributed by atoms with E-state index in [9.17, 15) is 4.79 Å². The van der Waals surface area contributed by atoms with Crippen molar-refractivity contribution >= 4 is 18.4 Å². The molecule has 0 spiro atoms. The zero-order chi connectivity index (χ0) is 9.41. The number of halogens is 1. The van der Waals surface area contributed by atoms with Crippen LogP contribution >= 0.6 is 12.4 Å². The van der Waals surface area contributed by atoms with Crippen LogP contribution < -0.4 is 0 Å². The number of carboxylic acid groups (broad SMARTS) is 1. The van der Waals surface area contributed by atoms with Gasteiger partial charge in [-0.05, 0) is 20.8 Å². The van der Waals surface area contributed by atoms with Gasteiger partial charge in [-0.3, -0.25) is 4.79 Å². The van der Waals surface area contributed by atoms with E-state index in [4.69, 9.17) is 14.6 Å². The quantitative estimate of drug-likeness (QED) is 0.709. The van der Waals surface area contributed by atoms with Crippen molar-refractivity contribution in [3.63, 3.8) is 0 Å². The molecule has 1 saturated heterocycles. The van der Waals surface area contributed by atoms with Crippen LogP contribution in [0.5, 0.6) is 0 Å². The van der Waals surface area contributed by atoms with Crippen LogP contribution in [-0.2, 0) is 14.3 Å². The second-order valence-electron chi connectivity index (χ2n) is 3.84. The molecule has 0 atom stereocenters. The van der Waals surface area contributed by atoms with E-state index >= 15 is 0 Å². The monoisotopic (exact) mass is 210 g/mol. The highest BCUT2D eigenvalue weighted by molar-refractivity contribution is 5.85. The SMILES string of the molecule is CC1(C)OCC(C)(C(=O)O)CO1.Cl. The molecule has 1 fully saturated rings. The minimum atomic E-state index is -0.893. The molecule has 1 aliphatic heterocycles. The van der Waals surface area contributed by atoms with Gasteiger partial charge in [-0.15, -0.1) is 12.4 Å². The molecule has 1 heterocycles. The molecular formula is C8H15ClO4. The zero-order valence-electron chi connectivity index (χ0n) is 7.99. The van der Waals surface area contributed by atoms with Crippen molar-refractivity contribution in [2.45, 2.75) is 26.6 Å². The van der Waals surface area contributed by atoms with E-state index in [2.05, 4.69) is 0 Å². The number of hydrogen-bond acceptors (Lipinski definition) is 3. The van der Waals surface area contributed by atoms with Crippen molar-refractivity contribution in [2.75, 3.05) is 13.2 Å². The van der Waals surface area contributed by atoms with Gasteiger partial charge in [-0.25, -0.2) is 0 Å². The third kappa shape index (κ3) is 2.83. The molecule has 0 aromatic rings. The molecule has 1 aliphatic rings. The molecule has 0 unspecified atom stereocenters. The lowest BCUT2D eigenvalue weighted by Crippen LogP contribution is -2.48. The summed E-state index contributed by atoms with van der Waals surface area (Å²) in [6.07, 6.45) is 0. The number of aliphatic carboxylic acids is 1. The lowest BCUT2D eigenvalue weighted by molar-refractivity contribution is -0.280. The van der Waals surface area contributed by atoms with E-state index in [0.29, 0.717) is 0 Å². The third-order valence-corrected chi connectivity index (χ3v) is 1.99. The van der Waals surface area contributed by atoms with Crippen molar-refractivity contribution in [2.24, 2.45) is 5.41 Å². The van der Waals surface area contributed by atoms with Crippen LogP contribution in [0.15, 0.2) is 0 Å². The van der Waals surface area contributed by atoms with E-state index in [1.165, 1.54) is 0 Å². The fraction of sp³-hybridized carbons (Fsp3) is 0.875. The van der Waals surface area contributed by atoms with Crippen molar-refractivity contribution < 1.29 is 19.4 Å². The predicted molar refractivity (Wildman–Crippen MR) is 49.0 cm³/mol. The van der Waals surface area contributed by atoms with Crippen LogP contribution in [0.1, 0.15) is 20.8 Å². The summed E-state index contributed by atoms with van der Waals surface area (Å²) in [6.45, 7) is 5.57. The summed E-state index contributed by atoms with van der Waals surface area (Å²) in [5, 5.41) is 8.81. The second kappa shape index (κ2) is 3.82. The minimum Gasteiger partial charge on any atom is -0.481 e. The molecule has 4 nitrogen and oxygen atoms in total. The van der Waals surface area contributed by atoms with Crippen LogP contribution in [0.2, 0.25) is 0 Å². The largest absolute Gasteiger partial charge is 0.481 e. The van der Waals surface area contributed by atoms with E-state index in [0.717, 1.165) is 0 Å². The molecule has 0 radical (unpaired) electrons. The maximum atomic E-state index is 10.7. The Labute approximate surface area is 83.6 Å². The average Bonchev–Trinajstić information content (AvgIpc) is 1.96. The zero-order valence-corrected chi connectivity index (χ0v) is 8.81. The number of carbonyl (C=O) groups is 1. The topological polar surface area (TPSA) is 55.8 Å². The molecule has 0 bridgehead atoms. The standard InChI is InChI=1S/C8H14O4.ClH/c1-7(2)11-4-8(3,5-12-7)6(9)10;/h4-5H2,1-3H3,(H,9,10);1H. The minimum absolute atomic E-state index is 0. The first-order chi connectivity index (χ1) is 5.36. The van der Waals surface area contributed by atoms with Gasteiger partial charge in [0, 0.05) is 0 Å². The van der Waals surface area contributed by atoms with Crippen LogP contribution in [0.4, 0.5) is 0 Å². The first kappa shape index (κ1) is 12.7. The highest BCUT2D eigenvalue weighted by Crippen LogP contribution is 2.29. The van der Waals surface area contributed by atoms with Gasteiger partial charge in [0.05, 0.1) is 13.2 Å². The van der Waals surface area contributed by atoms with Gasteiger partial charge in [0.25, 0.3) is 0 Å². The molecule has 5 heteroatoms. The molecule has 0 amide bonds. The summed E-state index contributed by atoms with van der Waals surface area (Å²) in [4.78, 5) is 10.7. The Balaban J connectivity index is 0.00000144. The number of ether oxygens (including phenoxy) is 2. The van der Waals surface area contributed by atoms with Gasteiger partial charge in [-0.1, -0.05) is 0 Å². The molecule has 0 aromatic heterocycles. The first-order valence-corrected chi connectivity index (χ1v) is 3.87. The van der Waals surface area contributed by atoms with Crippen LogP contribution in [-0.4, -0.2) is 30.1 Å². The van der Waals surface area contributed by atoms with Gasteiger partial charge in [0.15, 0.2) is 5.79 Å². The van der Waals surface area contributed by atoms with Crippen molar-refractivity contribution in [3.05, 3.63) is 0 Å². The summed E-state index contributed by atoms with van der Waals surface area (Å²) < 4.78 is 10.5. The normalized spacial score (nSPS) is 24.5. The summed E-state index contributed by atoms with van der Waals surface area (Å²) in [5.41, 5.74) is -0.893. The number of rotatable bonds is 1. The van der Waals surface area contributed by atoms with Crippen LogP contribution in [0.3, 0.4) is 0 Å². The molecule has 0 saturated carbocycles. The third-order valence-electron chi connectivity index (χ3n) is 1.99. The van der Waals surface area contributed by atoms with E-state index in [1.54, 1.807) is 20.8 Å². The van der Waals surface area contributed by atoms with E-state index in [-0.39, 0.29) is 25.6 Å². The van der Waals surface area contributed by atoms with Crippen LogP contribution in [0, 0.1) is 5.41 Å². The summed E-state index contributed by atoms with van der Waals surface area (Å²) in [6, 6.07) is 0. The Hall–Kier alpha value is -0.320. The Kier molecular flexibility index (Phi) is 3.72. The number of hydrogen-bond donors (Lipinski definition) is 1. The molecule has 1 N–H and O–H groups in total. The highest BCUT2D eigenvalue weighted by atomic mass is 35.5. The lowest BCUT2D eigenvalue weighted by Gasteiger charge is -2.38. The van der Waals surface area contributed by atoms with Gasteiger partial charge >= 0.3 is 5.97 Å². The fourth-order valence-corrected chi connectivity index (χ4v) is 0.873. The van der Waals surface area contributed by atoms with Gasteiger partial charge in [0.2, 0.25) is 0 Å². The first-order valence-electron chi connectivity index (χ1n) is 3.87. The smallest absolute Gasteiger partial charge is 0.314 e. The highest BCUT2D eigenvalue weighted by Gasteiger charge is 2.42. The maximum Gasteiger partial charge on any atom is 0.314 e. The molecule has 13 heavy (non-hydrogen) atoms. The lowest BCUT2D eigenvalue weighted by atomic mass is 9.92. The number of carboxylic acids is 1. The summed E-state index contributed by atoms with van der Waals surface area (Å²) in [7, 11) is 0. The predicted octanol–water partition coefficient (Wildman–Crippen LogP) is 1.28. The van der Waals surface area contributed by atoms with Gasteiger partial charge in [0.1, 0.15) is 5.41 Å². The van der Waals surface area contributed by atoms with Crippen molar-refractivity contribution in [3.8, 4) is 0 Å². The maximum absolute atomic E-state index is 10.7. The Morgan fingerprint density at radius 2 is 1.62 bits per heavy atom. The molecular weight excluding hydrogens is 196 g/mol. The molecule has 1 rings (SSSR count). The fourth-order valence-electron chi connectivity index (χ4n) is 0.873. The van der Waals surface area contributed by atoms with E-state index < -0.39 is 17.2 Å². The van der Waals surface area contributed by atoms with Gasteiger partial charge in [-0.2, -0.15) is 0 Å². The summed E-state index contributed by atoms with van der Waals surface area (Å²) in [5.74, 6) is -1.52.